The molecule has 17 heavy (non-hydrogen) atoms. The third-order valence-corrected chi connectivity index (χ3v) is 2.25. The number of aromatic amines is 1. The van der Waals surface area contributed by atoms with Crippen LogP contribution in [-0.4, -0.2) is 21.4 Å². The van der Waals surface area contributed by atoms with Crippen molar-refractivity contribution in [3.8, 4) is 5.75 Å². The molecule has 0 amide bonds. The molecule has 6 heteroatoms. The molecule has 0 saturated heterocycles. The van der Waals surface area contributed by atoms with Gasteiger partial charge < -0.3 is 15.8 Å². The SMILES string of the molecule is CC(C)Oc1ccc2[nH]nc(NC(N)=S)c2c1. The second kappa shape index (κ2) is 4.58. The molecule has 1 aromatic heterocycles. The first-order valence-corrected chi connectivity index (χ1v) is 5.68. The highest BCUT2D eigenvalue weighted by atomic mass is 32.1. The summed E-state index contributed by atoms with van der Waals surface area (Å²) in [5.74, 6) is 1.40. The number of fused-ring (bicyclic) bond motifs is 1. The van der Waals surface area contributed by atoms with E-state index in [9.17, 15) is 0 Å². The van der Waals surface area contributed by atoms with E-state index in [4.69, 9.17) is 22.7 Å². The van der Waals surface area contributed by atoms with Crippen LogP contribution in [0.25, 0.3) is 10.9 Å². The molecule has 0 spiro atoms. The van der Waals surface area contributed by atoms with Crippen molar-refractivity contribution in [2.24, 2.45) is 5.73 Å². The van der Waals surface area contributed by atoms with Crippen molar-refractivity contribution in [3.05, 3.63) is 18.2 Å². The smallest absolute Gasteiger partial charge is 0.169 e. The Morgan fingerprint density at radius 1 is 1.53 bits per heavy atom. The molecule has 0 aliphatic heterocycles. The Kier molecular flexibility index (Phi) is 3.14. The molecule has 2 rings (SSSR count). The Labute approximate surface area is 104 Å². The molecule has 0 bridgehead atoms. The van der Waals surface area contributed by atoms with Gasteiger partial charge in [0.05, 0.1) is 11.6 Å². The Balaban J connectivity index is 2.39. The molecule has 0 aliphatic carbocycles. The molecule has 0 atom stereocenters. The molecular formula is C11H14N4OS. The number of nitrogens with one attached hydrogen (secondary N) is 2. The maximum atomic E-state index is 5.62. The molecule has 2 aromatic rings. The quantitative estimate of drug-likeness (QED) is 0.726. The van der Waals surface area contributed by atoms with Crippen LogP contribution in [0.15, 0.2) is 18.2 Å². The van der Waals surface area contributed by atoms with E-state index in [1.54, 1.807) is 0 Å². The lowest BCUT2D eigenvalue weighted by molar-refractivity contribution is 0.243. The second-order valence-corrected chi connectivity index (χ2v) is 4.38. The van der Waals surface area contributed by atoms with Crippen molar-refractivity contribution in [1.82, 2.24) is 10.2 Å². The van der Waals surface area contributed by atoms with Crippen LogP contribution >= 0.6 is 12.2 Å². The lowest BCUT2D eigenvalue weighted by Crippen LogP contribution is -2.19. The largest absolute Gasteiger partial charge is 0.491 e. The Morgan fingerprint density at radius 3 is 2.94 bits per heavy atom. The first-order chi connectivity index (χ1) is 8.06. The van der Waals surface area contributed by atoms with Crippen LogP contribution < -0.4 is 15.8 Å². The van der Waals surface area contributed by atoms with Crippen molar-refractivity contribution in [2.75, 3.05) is 5.32 Å². The predicted octanol–water partition coefficient (Wildman–Crippen LogP) is 2.01. The van der Waals surface area contributed by atoms with E-state index < -0.39 is 0 Å². The fraction of sp³-hybridized carbons (Fsp3) is 0.273. The van der Waals surface area contributed by atoms with Crippen molar-refractivity contribution < 1.29 is 4.74 Å². The molecule has 1 aromatic carbocycles. The van der Waals surface area contributed by atoms with Crippen LogP contribution in [0.4, 0.5) is 5.82 Å². The summed E-state index contributed by atoms with van der Waals surface area (Å²) in [5, 5.41) is 10.9. The van der Waals surface area contributed by atoms with Crippen molar-refractivity contribution in [1.29, 1.82) is 0 Å². The molecule has 1 heterocycles. The Morgan fingerprint density at radius 2 is 2.29 bits per heavy atom. The Bertz CT molecular complexity index is 549. The summed E-state index contributed by atoms with van der Waals surface area (Å²) in [7, 11) is 0. The van der Waals surface area contributed by atoms with E-state index in [1.165, 1.54) is 0 Å². The van der Waals surface area contributed by atoms with Gasteiger partial charge in [-0.1, -0.05) is 0 Å². The molecule has 0 radical (unpaired) electrons. The first kappa shape index (κ1) is 11.7. The van der Waals surface area contributed by atoms with Gasteiger partial charge in [0.15, 0.2) is 10.9 Å². The molecule has 0 aliphatic rings. The van der Waals surface area contributed by atoms with E-state index in [0.717, 1.165) is 16.7 Å². The van der Waals surface area contributed by atoms with Gasteiger partial charge in [-0.3, -0.25) is 5.10 Å². The van der Waals surface area contributed by atoms with Crippen molar-refractivity contribution >= 4 is 34.1 Å². The van der Waals surface area contributed by atoms with E-state index in [1.807, 2.05) is 32.0 Å². The standard InChI is InChI=1S/C11H14N4OS/c1-6(2)16-7-3-4-9-8(5-7)10(15-14-9)13-11(12)17/h3-6H,1-2H3,(H4,12,13,14,15,17). The summed E-state index contributed by atoms with van der Waals surface area (Å²) in [5.41, 5.74) is 6.33. The molecule has 0 saturated carbocycles. The maximum absolute atomic E-state index is 5.62. The lowest BCUT2D eigenvalue weighted by atomic mass is 10.2. The number of nitrogens with two attached hydrogens (primary N) is 1. The fourth-order valence-corrected chi connectivity index (χ4v) is 1.65. The minimum Gasteiger partial charge on any atom is -0.491 e. The van der Waals surface area contributed by atoms with Crippen LogP contribution in [0.3, 0.4) is 0 Å². The van der Waals surface area contributed by atoms with Gasteiger partial charge in [0.25, 0.3) is 0 Å². The number of thiocarbonyl (C=S) groups is 1. The molecule has 5 nitrogen and oxygen atoms in total. The van der Waals surface area contributed by atoms with Crippen LogP contribution in [0.2, 0.25) is 0 Å². The average molecular weight is 250 g/mol. The highest BCUT2D eigenvalue weighted by molar-refractivity contribution is 7.80. The number of hydrogen-bond acceptors (Lipinski definition) is 3. The normalized spacial score (nSPS) is 10.8. The molecule has 0 fully saturated rings. The van der Waals surface area contributed by atoms with E-state index >= 15 is 0 Å². The zero-order valence-electron chi connectivity index (χ0n) is 9.65. The van der Waals surface area contributed by atoms with Gasteiger partial charge in [-0.05, 0) is 44.3 Å². The third kappa shape index (κ3) is 2.65. The van der Waals surface area contributed by atoms with Gasteiger partial charge in [0.2, 0.25) is 0 Å². The molecule has 90 valence electrons. The zero-order valence-corrected chi connectivity index (χ0v) is 10.5. The number of anilines is 1. The summed E-state index contributed by atoms with van der Waals surface area (Å²) < 4.78 is 5.62. The van der Waals surface area contributed by atoms with Crippen LogP contribution in [-0.2, 0) is 0 Å². The van der Waals surface area contributed by atoms with Gasteiger partial charge in [-0.25, -0.2) is 0 Å². The minimum absolute atomic E-state index is 0.131. The topological polar surface area (TPSA) is 76.0 Å². The number of H-pyrrole nitrogens is 1. The summed E-state index contributed by atoms with van der Waals surface area (Å²) in [6.07, 6.45) is 0.131. The number of aromatic nitrogens is 2. The number of nitrogens with zero attached hydrogens (tertiary/aromatic N) is 1. The number of benzene rings is 1. The van der Waals surface area contributed by atoms with E-state index in [2.05, 4.69) is 15.5 Å². The van der Waals surface area contributed by atoms with Crippen LogP contribution in [0.5, 0.6) is 5.75 Å². The number of hydrogen-bond donors (Lipinski definition) is 3. The highest BCUT2D eigenvalue weighted by Gasteiger charge is 2.08. The van der Waals surface area contributed by atoms with Crippen molar-refractivity contribution in [3.63, 3.8) is 0 Å². The molecule has 4 N–H and O–H groups in total. The van der Waals surface area contributed by atoms with Crippen LogP contribution in [0, 0.1) is 0 Å². The maximum Gasteiger partial charge on any atom is 0.169 e. The average Bonchev–Trinajstić information content (AvgIpc) is 2.59. The second-order valence-electron chi connectivity index (χ2n) is 3.94. The van der Waals surface area contributed by atoms with E-state index in [-0.39, 0.29) is 11.2 Å². The predicted molar refractivity (Wildman–Crippen MR) is 72.3 cm³/mol. The number of rotatable bonds is 3. The zero-order chi connectivity index (χ0) is 12.4. The molecule has 0 unspecified atom stereocenters. The first-order valence-electron chi connectivity index (χ1n) is 5.27. The van der Waals surface area contributed by atoms with Crippen LogP contribution in [0.1, 0.15) is 13.8 Å². The van der Waals surface area contributed by atoms with Gasteiger partial charge in [-0.2, -0.15) is 5.10 Å². The third-order valence-electron chi connectivity index (χ3n) is 2.15. The van der Waals surface area contributed by atoms with Gasteiger partial charge >= 0.3 is 0 Å². The Hall–Kier alpha value is -1.82. The summed E-state index contributed by atoms with van der Waals surface area (Å²) >= 11 is 4.79. The lowest BCUT2D eigenvalue weighted by Gasteiger charge is -2.09. The summed E-state index contributed by atoms with van der Waals surface area (Å²) in [4.78, 5) is 0. The van der Waals surface area contributed by atoms with Gasteiger partial charge in [0, 0.05) is 5.39 Å². The van der Waals surface area contributed by atoms with E-state index in [0.29, 0.717) is 5.82 Å². The monoisotopic (exact) mass is 250 g/mol. The minimum atomic E-state index is 0.131. The fourth-order valence-electron chi connectivity index (χ4n) is 1.55. The summed E-state index contributed by atoms with van der Waals surface area (Å²) in [6.45, 7) is 3.96. The molecular weight excluding hydrogens is 236 g/mol. The highest BCUT2D eigenvalue weighted by Crippen LogP contribution is 2.25. The van der Waals surface area contributed by atoms with Gasteiger partial charge in [-0.15, -0.1) is 0 Å². The summed E-state index contributed by atoms with van der Waals surface area (Å²) in [6, 6.07) is 5.70. The van der Waals surface area contributed by atoms with Crippen molar-refractivity contribution in [2.45, 2.75) is 20.0 Å². The van der Waals surface area contributed by atoms with Gasteiger partial charge in [0.1, 0.15) is 5.75 Å². The number of ether oxygens (including phenoxy) is 1.